The van der Waals surface area contributed by atoms with Crippen LogP contribution in [0.3, 0.4) is 0 Å². The number of aryl methyl sites for hydroxylation is 1. The molecule has 0 saturated carbocycles. The molecule has 2 aromatic carbocycles. The quantitative estimate of drug-likeness (QED) is 0.193. The predicted octanol–water partition coefficient (Wildman–Crippen LogP) is 5.33. The number of unbranched alkanes of at least 4 members (excludes halogenated alkanes) is 2. The molecular formula is C29H38N2O4. The highest BCUT2D eigenvalue weighted by Gasteiger charge is 2.45. The van der Waals surface area contributed by atoms with Crippen molar-refractivity contribution in [2.75, 3.05) is 32.8 Å². The van der Waals surface area contributed by atoms with E-state index < -0.39 is 17.7 Å². The molecule has 1 saturated heterocycles. The number of ether oxygens (including phenoxy) is 1. The summed E-state index contributed by atoms with van der Waals surface area (Å²) < 4.78 is 5.84. The molecule has 6 nitrogen and oxygen atoms in total. The van der Waals surface area contributed by atoms with Crippen LogP contribution in [0.2, 0.25) is 0 Å². The molecule has 0 bridgehead atoms. The molecule has 1 atom stereocenters. The van der Waals surface area contributed by atoms with Gasteiger partial charge in [-0.05, 0) is 44.1 Å². The van der Waals surface area contributed by atoms with E-state index in [0.717, 1.165) is 49.2 Å². The van der Waals surface area contributed by atoms with Gasteiger partial charge in [0.25, 0.3) is 11.7 Å². The normalized spacial score (nSPS) is 17.4. The van der Waals surface area contributed by atoms with Gasteiger partial charge in [-0.25, -0.2) is 0 Å². The summed E-state index contributed by atoms with van der Waals surface area (Å²) in [6.45, 7) is 11.7. The van der Waals surface area contributed by atoms with Crippen LogP contribution < -0.4 is 4.74 Å². The number of likely N-dealkylation sites (N-methyl/N-ethyl adjacent to an activating group) is 1. The fourth-order valence-corrected chi connectivity index (χ4v) is 4.40. The van der Waals surface area contributed by atoms with E-state index in [0.29, 0.717) is 25.3 Å². The van der Waals surface area contributed by atoms with Gasteiger partial charge < -0.3 is 19.6 Å². The number of ketones is 1. The Morgan fingerprint density at radius 3 is 2.23 bits per heavy atom. The van der Waals surface area contributed by atoms with Gasteiger partial charge in [-0.1, -0.05) is 75.6 Å². The maximum Gasteiger partial charge on any atom is 0.295 e. The van der Waals surface area contributed by atoms with E-state index >= 15 is 0 Å². The molecule has 188 valence electrons. The molecule has 3 rings (SSSR count). The third kappa shape index (κ3) is 6.31. The highest BCUT2D eigenvalue weighted by molar-refractivity contribution is 6.46. The standard InChI is InChI=1S/C29H38N2O4/c1-5-8-9-20-35-24-16-14-22(15-17-24)26-25(27(32)23-12-10-21(4)11-13-23)28(33)29(34)31(26)19-18-30(6-2)7-3/h10-17,26,32H,5-9,18-20H2,1-4H3. The Morgan fingerprint density at radius 2 is 1.63 bits per heavy atom. The van der Waals surface area contributed by atoms with E-state index in [-0.39, 0.29) is 11.3 Å². The number of aliphatic hydroxyl groups is 1. The molecule has 1 aliphatic rings. The van der Waals surface area contributed by atoms with E-state index in [2.05, 4.69) is 25.7 Å². The van der Waals surface area contributed by atoms with Crippen molar-refractivity contribution in [3.8, 4) is 5.75 Å². The van der Waals surface area contributed by atoms with Crippen molar-refractivity contribution in [2.24, 2.45) is 0 Å². The van der Waals surface area contributed by atoms with Crippen molar-refractivity contribution in [1.82, 2.24) is 9.80 Å². The Morgan fingerprint density at radius 1 is 0.971 bits per heavy atom. The number of nitrogens with zero attached hydrogens (tertiary/aromatic N) is 2. The molecule has 0 radical (unpaired) electrons. The first-order chi connectivity index (χ1) is 16.9. The van der Waals surface area contributed by atoms with Crippen molar-refractivity contribution < 1.29 is 19.4 Å². The zero-order valence-electron chi connectivity index (χ0n) is 21.4. The van der Waals surface area contributed by atoms with Gasteiger partial charge >= 0.3 is 0 Å². The zero-order chi connectivity index (χ0) is 25.4. The monoisotopic (exact) mass is 478 g/mol. The van der Waals surface area contributed by atoms with Crippen LogP contribution in [0.4, 0.5) is 0 Å². The number of benzene rings is 2. The Hall–Kier alpha value is -3.12. The summed E-state index contributed by atoms with van der Waals surface area (Å²) in [5.74, 6) is -0.606. The Balaban J connectivity index is 1.97. The number of rotatable bonds is 12. The van der Waals surface area contributed by atoms with Crippen LogP contribution in [-0.2, 0) is 9.59 Å². The second-order valence-corrected chi connectivity index (χ2v) is 9.01. The molecule has 1 fully saturated rings. The van der Waals surface area contributed by atoms with Crippen LogP contribution in [-0.4, -0.2) is 59.4 Å². The lowest BCUT2D eigenvalue weighted by atomic mass is 9.95. The number of carbonyl (C=O) groups is 2. The van der Waals surface area contributed by atoms with E-state index in [1.807, 2.05) is 43.3 Å². The summed E-state index contributed by atoms with van der Waals surface area (Å²) in [5.41, 5.74) is 2.49. The molecule has 0 aliphatic carbocycles. The molecule has 1 amide bonds. The van der Waals surface area contributed by atoms with E-state index in [1.54, 1.807) is 17.0 Å². The number of Topliss-reactive ketones (excluding diaryl/α,β-unsaturated/α-hetero) is 1. The van der Waals surface area contributed by atoms with Gasteiger partial charge in [-0.15, -0.1) is 0 Å². The van der Waals surface area contributed by atoms with Crippen molar-refractivity contribution in [3.05, 3.63) is 70.8 Å². The molecule has 35 heavy (non-hydrogen) atoms. The maximum atomic E-state index is 13.2. The summed E-state index contributed by atoms with van der Waals surface area (Å²) >= 11 is 0. The average molecular weight is 479 g/mol. The highest BCUT2D eigenvalue weighted by Crippen LogP contribution is 2.39. The maximum absolute atomic E-state index is 13.2. The molecule has 1 heterocycles. The summed E-state index contributed by atoms with van der Waals surface area (Å²) in [6, 6.07) is 14.2. The van der Waals surface area contributed by atoms with Crippen molar-refractivity contribution >= 4 is 17.4 Å². The molecular weight excluding hydrogens is 440 g/mol. The highest BCUT2D eigenvalue weighted by atomic mass is 16.5. The minimum absolute atomic E-state index is 0.134. The van der Waals surface area contributed by atoms with Gasteiger partial charge in [0.15, 0.2) is 0 Å². The number of hydrogen-bond donors (Lipinski definition) is 1. The van der Waals surface area contributed by atoms with Gasteiger partial charge in [0.1, 0.15) is 11.5 Å². The topological polar surface area (TPSA) is 70.1 Å². The number of aliphatic hydroxyl groups excluding tert-OH is 1. The van der Waals surface area contributed by atoms with Gasteiger partial charge in [0, 0.05) is 18.7 Å². The lowest BCUT2D eigenvalue weighted by Gasteiger charge is -2.28. The number of amides is 1. The minimum Gasteiger partial charge on any atom is -0.507 e. The van der Waals surface area contributed by atoms with Crippen LogP contribution in [0.1, 0.15) is 62.8 Å². The number of carbonyl (C=O) groups excluding carboxylic acids is 2. The molecule has 0 aromatic heterocycles. The largest absolute Gasteiger partial charge is 0.507 e. The molecule has 1 unspecified atom stereocenters. The van der Waals surface area contributed by atoms with Crippen LogP contribution in [0.5, 0.6) is 5.75 Å². The van der Waals surface area contributed by atoms with E-state index in [4.69, 9.17) is 4.74 Å². The predicted molar refractivity (Wildman–Crippen MR) is 139 cm³/mol. The number of likely N-dealkylation sites (tertiary alicyclic amines) is 1. The van der Waals surface area contributed by atoms with Gasteiger partial charge in [-0.2, -0.15) is 0 Å². The summed E-state index contributed by atoms with van der Waals surface area (Å²) in [6.07, 6.45) is 3.26. The smallest absolute Gasteiger partial charge is 0.295 e. The Kier molecular flexibility index (Phi) is 9.49. The van der Waals surface area contributed by atoms with Gasteiger partial charge in [0.2, 0.25) is 0 Å². The summed E-state index contributed by atoms with van der Waals surface area (Å²) in [5, 5.41) is 11.2. The molecule has 1 N–H and O–H groups in total. The fourth-order valence-electron chi connectivity index (χ4n) is 4.40. The van der Waals surface area contributed by atoms with E-state index in [1.165, 1.54) is 0 Å². The fraction of sp³-hybridized carbons (Fsp3) is 0.448. The van der Waals surface area contributed by atoms with Crippen LogP contribution >= 0.6 is 0 Å². The van der Waals surface area contributed by atoms with Crippen LogP contribution in [0.25, 0.3) is 5.76 Å². The average Bonchev–Trinajstić information content (AvgIpc) is 3.12. The molecule has 6 heteroatoms. The van der Waals surface area contributed by atoms with Gasteiger partial charge in [-0.3, -0.25) is 9.59 Å². The first kappa shape index (κ1) is 26.5. The van der Waals surface area contributed by atoms with Crippen LogP contribution in [0.15, 0.2) is 54.1 Å². The molecule has 1 aliphatic heterocycles. The number of hydrogen-bond acceptors (Lipinski definition) is 5. The molecule has 0 spiro atoms. The summed E-state index contributed by atoms with van der Waals surface area (Å²) in [4.78, 5) is 30.1. The lowest BCUT2D eigenvalue weighted by molar-refractivity contribution is -0.140. The molecule has 2 aromatic rings. The first-order valence-electron chi connectivity index (χ1n) is 12.7. The third-order valence-electron chi connectivity index (χ3n) is 6.63. The van der Waals surface area contributed by atoms with E-state index in [9.17, 15) is 14.7 Å². The second-order valence-electron chi connectivity index (χ2n) is 9.01. The third-order valence-corrected chi connectivity index (χ3v) is 6.63. The first-order valence-corrected chi connectivity index (χ1v) is 12.7. The minimum atomic E-state index is -0.652. The van der Waals surface area contributed by atoms with Crippen molar-refractivity contribution in [1.29, 1.82) is 0 Å². The van der Waals surface area contributed by atoms with Crippen molar-refractivity contribution in [3.63, 3.8) is 0 Å². The zero-order valence-corrected chi connectivity index (χ0v) is 21.4. The Labute approximate surface area is 209 Å². The van der Waals surface area contributed by atoms with Gasteiger partial charge in [0.05, 0.1) is 18.2 Å². The summed E-state index contributed by atoms with van der Waals surface area (Å²) in [7, 11) is 0. The SMILES string of the molecule is CCCCCOc1ccc(C2C(=C(O)c3ccc(C)cc3)C(=O)C(=O)N2CCN(CC)CC)cc1. The lowest BCUT2D eigenvalue weighted by Crippen LogP contribution is -2.38. The Bertz CT molecular complexity index is 1020. The van der Waals surface area contributed by atoms with Crippen LogP contribution in [0, 0.1) is 6.92 Å². The second kappa shape index (κ2) is 12.5. The van der Waals surface area contributed by atoms with Crippen molar-refractivity contribution in [2.45, 2.75) is 53.0 Å².